The molecule has 0 aliphatic carbocycles. The normalized spacial score (nSPS) is 15.2. The molecule has 2 aromatic rings. The van der Waals surface area contributed by atoms with Crippen molar-refractivity contribution in [1.29, 1.82) is 0 Å². The van der Waals surface area contributed by atoms with E-state index in [1.165, 1.54) is 10.4 Å². The lowest BCUT2D eigenvalue weighted by Gasteiger charge is -2.26. The number of amides is 2. The molecule has 2 aromatic carbocycles. The number of urea groups is 1. The first-order valence-corrected chi connectivity index (χ1v) is 10.8. The summed E-state index contributed by atoms with van der Waals surface area (Å²) in [6.07, 6.45) is 2.76. The van der Waals surface area contributed by atoms with Gasteiger partial charge in [0.1, 0.15) is 5.82 Å². The predicted octanol–water partition coefficient (Wildman–Crippen LogP) is 3.00. The largest absolute Gasteiger partial charge is 0.334 e. The van der Waals surface area contributed by atoms with Crippen LogP contribution in [0.4, 0.5) is 9.18 Å². The van der Waals surface area contributed by atoms with Gasteiger partial charge in [0, 0.05) is 31.7 Å². The molecule has 0 bridgehead atoms. The van der Waals surface area contributed by atoms with Gasteiger partial charge in [-0.3, -0.25) is 0 Å². The van der Waals surface area contributed by atoms with Crippen molar-refractivity contribution in [2.45, 2.75) is 37.2 Å². The van der Waals surface area contributed by atoms with Crippen LogP contribution < -0.4 is 10.6 Å². The van der Waals surface area contributed by atoms with Crippen LogP contribution in [-0.2, 0) is 23.1 Å². The van der Waals surface area contributed by atoms with Gasteiger partial charge in [-0.05, 0) is 30.5 Å². The van der Waals surface area contributed by atoms with Crippen molar-refractivity contribution >= 4 is 16.1 Å². The fourth-order valence-corrected chi connectivity index (χ4v) is 4.94. The van der Waals surface area contributed by atoms with Crippen molar-refractivity contribution in [2.24, 2.45) is 0 Å². The summed E-state index contributed by atoms with van der Waals surface area (Å²) in [5.74, 6) is -0.388. The number of rotatable bonds is 6. The van der Waals surface area contributed by atoms with Gasteiger partial charge in [0.05, 0.1) is 4.90 Å². The van der Waals surface area contributed by atoms with E-state index in [4.69, 9.17) is 0 Å². The zero-order valence-electron chi connectivity index (χ0n) is 15.5. The number of carbonyl (C=O) groups excluding carboxylic acids is 1. The average molecular weight is 405 g/mol. The van der Waals surface area contributed by atoms with E-state index in [2.05, 4.69) is 10.6 Å². The van der Waals surface area contributed by atoms with Crippen LogP contribution in [0.3, 0.4) is 0 Å². The van der Waals surface area contributed by atoms with E-state index in [0.29, 0.717) is 24.2 Å². The van der Waals surface area contributed by atoms with Gasteiger partial charge in [-0.15, -0.1) is 0 Å². The Bertz CT molecular complexity index is 928. The fraction of sp³-hybridized carbons (Fsp3) is 0.350. The second kappa shape index (κ2) is 9.16. The van der Waals surface area contributed by atoms with E-state index in [1.807, 2.05) is 0 Å². The van der Waals surface area contributed by atoms with E-state index in [-0.39, 0.29) is 23.8 Å². The summed E-state index contributed by atoms with van der Waals surface area (Å²) in [4.78, 5) is 12.3. The zero-order valence-corrected chi connectivity index (χ0v) is 16.3. The first-order chi connectivity index (χ1) is 13.5. The van der Waals surface area contributed by atoms with Crippen molar-refractivity contribution in [1.82, 2.24) is 14.9 Å². The van der Waals surface area contributed by atoms with Crippen molar-refractivity contribution in [3.8, 4) is 0 Å². The lowest BCUT2D eigenvalue weighted by molar-refractivity contribution is 0.240. The third-order valence-corrected chi connectivity index (χ3v) is 6.74. The lowest BCUT2D eigenvalue weighted by atomic mass is 10.2. The Labute approximate surface area is 164 Å². The standard InChI is InChI=1S/C20H24FN3O3S/c21-18-10-4-2-8-16(18)14-22-20(25)23-15-17-9-3-5-11-19(17)28(26,27)24-12-6-1-7-13-24/h2-5,8-11H,1,6-7,12-15H2,(H2,22,23,25). The topological polar surface area (TPSA) is 78.5 Å². The van der Waals surface area contributed by atoms with Crippen LogP contribution in [0, 0.1) is 5.82 Å². The molecule has 0 aromatic heterocycles. The van der Waals surface area contributed by atoms with Crippen LogP contribution in [0.2, 0.25) is 0 Å². The molecule has 0 atom stereocenters. The number of nitrogens with one attached hydrogen (secondary N) is 2. The maximum Gasteiger partial charge on any atom is 0.315 e. The van der Waals surface area contributed by atoms with Gasteiger partial charge >= 0.3 is 6.03 Å². The van der Waals surface area contributed by atoms with E-state index in [0.717, 1.165) is 19.3 Å². The van der Waals surface area contributed by atoms with Crippen molar-refractivity contribution < 1.29 is 17.6 Å². The maximum atomic E-state index is 13.6. The van der Waals surface area contributed by atoms with E-state index in [9.17, 15) is 17.6 Å². The van der Waals surface area contributed by atoms with Gasteiger partial charge in [0.2, 0.25) is 10.0 Å². The third-order valence-electron chi connectivity index (χ3n) is 4.74. The first-order valence-electron chi connectivity index (χ1n) is 9.31. The van der Waals surface area contributed by atoms with Crippen LogP contribution in [-0.4, -0.2) is 31.8 Å². The number of nitrogens with zero attached hydrogens (tertiary/aromatic N) is 1. The SMILES string of the molecule is O=C(NCc1ccccc1F)NCc1ccccc1S(=O)(=O)N1CCCCC1. The number of carbonyl (C=O) groups is 1. The second-order valence-corrected chi connectivity index (χ2v) is 8.61. The minimum Gasteiger partial charge on any atom is -0.334 e. The van der Waals surface area contributed by atoms with Crippen molar-refractivity contribution in [3.05, 3.63) is 65.5 Å². The summed E-state index contributed by atoms with van der Waals surface area (Å²) in [6, 6.07) is 12.4. The summed E-state index contributed by atoms with van der Waals surface area (Å²) in [6.45, 7) is 1.15. The molecule has 6 nitrogen and oxygen atoms in total. The molecule has 1 saturated heterocycles. The average Bonchev–Trinajstić information content (AvgIpc) is 2.72. The number of hydrogen-bond donors (Lipinski definition) is 2. The summed E-state index contributed by atoms with van der Waals surface area (Å²) < 4.78 is 41.0. The minimum atomic E-state index is -3.59. The zero-order chi connectivity index (χ0) is 20.0. The summed E-state index contributed by atoms with van der Waals surface area (Å²) in [5.41, 5.74) is 0.903. The second-order valence-electron chi connectivity index (χ2n) is 6.70. The Morgan fingerprint density at radius 1 is 0.893 bits per heavy atom. The van der Waals surface area contributed by atoms with Crippen molar-refractivity contribution in [2.75, 3.05) is 13.1 Å². The lowest BCUT2D eigenvalue weighted by Crippen LogP contribution is -2.37. The molecular formula is C20H24FN3O3S. The van der Waals surface area contributed by atoms with E-state index >= 15 is 0 Å². The smallest absolute Gasteiger partial charge is 0.315 e. The minimum absolute atomic E-state index is 0.0478. The fourth-order valence-electron chi connectivity index (χ4n) is 3.20. The molecule has 8 heteroatoms. The number of hydrogen-bond acceptors (Lipinski definition) is 3. The number of piperidine rings is 1. The Morgan fingerprint density at radius 3 is 2.14 bits per heavy atom. The molecule has 3 rings (SSSR count). The van der Waals surface area contributed by atoms with Crippen molar-refractivity contribution in [3.63, 3.8) is 0 Å². The number of benzene rings is 2. The van der Waals surface area contributed by atoms with E-state index < -0.39 is 16.1 Å². The molecule has 1 heterocycles. The highest BCUT2D eigenvalue weighted by molar-refractivity contribution is 7.89. The molecule has 2 amide bonds. The number of halogens is 1. The molecule has 0 unspecified atom stereocenters. The predicted molar refractivity (Wildman–Crippen MR) is 105 cm³/mol. The van der Waals surface area contributed by atoms with E-state index in [1.54, 1.807) is 42.5 Å². The summed E-state index contributed by atoms with van der Waals surface area (Å²) in [7, 11) is -3.59. The Kier molecular flexibility index (Phi) is 6.64. The van der Waals surface area contributed by atoms with Crippen LogP contribution in [0.25, 0.3) is 0 Å². The maximum absolute atomic E-state index is 13.6. The highest BCUT2D eigenvalue weighted by Gasteiger charge is 2.27. The first kappa shape index (κ1) is 20.3. The molecule has 0 radical (unpaired) electrons. The molecule has 0 saturated carbocycles. The van der Waals surface area contributed by atoms with Crippen LogP contribution in [0.15, 0.2) is 53.4 Å². The summed E-state index contributed by atoms with van der Waals surface area (Å²) in [5, 5.41) is 5.23. The third kappa shape index (κ3) is 4.88. The van der Waals surface area contributed by atoms with Gasteiger partial charge in [-0.25, -0.2) is 17.6 Å². The Balaban J connectivity index is 1.63. The van der Waals surface area contributed by atoms with Gasteiger partial charge in [0.25, 0.3) is 0 Å². The Morgan fingerprint density at radius 2 is 1.46 bits per heavy atom. The molecule has 2 N–H and O–H groups in total. The molecule has 1 aliphatic heterocycles. The van der Waals surface area contributed by atoms with Gasteiger partial charge in [-0.1, -0.05) is 42.8 Å². The van der Waals surface area contributed by atoms with Gasteiger partial charge < -0.3 is 10.6 Å². The van der Waals surface area contributed by atoms with Gasteiger partial charge in [0.15, 0.2) is 0 Å². The quantitative estimate of drug-likeness (QED) is 0.776. The van der Waals surface area contributed by atoms with Gasteiger partial charge in [-0.2, -0.15) is 4.31 Å². The molecule has 150 valence electrons. The van der Waals surface area contributed by atoms with Crippen LogP contribution >= 0.6 is 0 Å². The van der Waals surface area contributed by atoms with Crippen LogP contribution in [0.1, 0.15) is 30.4 Å². The molecule has 0 spiro atoms. The monoisotopic (exact) mass is 405 g/mol. The molecular weight excluding hydrogens is 381 g/mol. The molecule has 1 fully saturated rings. The summed E-state index contributed by atoms with van der Waals surface area (Å²) >= 11 is 0. The molecule has 1 aliphatic rings. The number of sulfonamides is 1. The van der Waals surface area contributed by atoms with Crippen LogP contribution in [0.5, 0.6) is 0 Å². The molecule has 28 heavy (non-hydrogen) atoms. The highest BCUT2D eigenvalue weighted by Crippen LogP contribution is 2.23. The highest BCUT2D eigenvalue weighted by atomic mass is 32.2. The Hall–Kier alpha value is -2.45.